The van der Waals surface area contributed by atoms with E-state index in [9.17, 15) is 0 Å². The van der Waals surface area contributed by atoms with Gasteiger partial charge in [0, 0.05) is 12.6 Å². The Kier molecular flexibility index (Phi) is 4.82. The topological polar surface area (TPSA) is 21.3 Å². The SMILES string of the molecule is CCNC(CCc1ccsc1)C1CCOC1. The Morgan fingerprint density at radius 2 is 2.56 bits per heavy atom. The first kappa shape index (κ1) is 12.1. The third-order valence-electron chi connectivity index (χ3n) is 3.32. The lowest BCUT2D eigenvalue weighted by Gasteiger charge is -2.23. The number of hydrogen-bond acceptors (Lipinski definition) is 3. The highest BCUT2D eigenvalue weighted by Gasteiger charge is 2.24. The molecule has 16 heavy (non-hydrogen) atoms. The molecule has 0 saturated carbocycles. The second kappa shape index (κ2) is 6.38. The fraction of sp³-hybridized carbons (Fsp3) is 0.692. The number of aryl methyl sites for hydroxylation is 1. The van der Waals surface area contributed by atoms with Crippen LogP contribution in [0.2, 0.25) is 0 Å². The van der Waals surface area contributed by atoms with E-state index in [2.05, 4.69) is 29.1 Å². The third kappa shape index (κ3) is 3.30. The molecular formula is C13H21NOS. The minimum absolute atomic E-state index is 0.632. The van der Waals surface area contributed by atoms with Crippen molar-refractivity contribution in [2.75, 3.05) is 19.8 Å². The fourth-order valence-electron chi connectivity index (χ4n) is 2.39. The predicted octanol–water partition coefficient (Wildman–Crippen LogP) is 2.70. The summed E-state index contributed by atoms with van der Waals surface area (Å²) in [5.74, 6) is 0.721. The highest BCUT2D eigenvalue weighted by molar-refractivity contribution is 7.07. The van der Waals surface area contributed by atoms with E-state index in [1.807, 2.05) is 0 Å². The van der Waals surface area contributed by atoms with Crippen LogP contribution in [-0.4, -0.2) is 25.8 Å². The molecule has 2 nitrogen and oxygen atoms in total. The molecule has 3 heteroatoms. The van der Waals surface area contributed by atoms with Crippen LogP contribution in [-0.2, 0) is 11.2 Å². The van der Waals surface area contributed by atoms with E-state index < -0.39 is 0 Å². The first-order chi connectivity index (χ1) is 7.90. The zero-order chi connectivity index (χ0) is 11.2. The van der Waals surface area contributed by atoms with Crippen LogP contribution >= 0.6 is 11.3 Å². The Hall–Kier alpha value is -0.380. The maximum atomic E-state index is 5.48. The van der Waals surface area contributed by atoms with Crippen molar-refractivity contribution in [1.29, 1.82) is 0 Å². The van der Waals surface area contributed by atoms with Gasteiger partial charge in [0.05, 0.1) is 6.61 Å². The summed E-state index contributed by atoms with van der Waals surface area (Å²) < 4.78 is 5.48. The van der Waals surface area contributed by atoms with Crippen LogP contribution in [0.4, 0.5) is 0 Å². The minimum atomic E-state index is 0.632. The van der Waals surface area contributed by atoms with Crippen molar-refractivity contribution in [3.05, 3.63) is 22.4 Å². The Morgan fingerprint density at radius 3 is 3.19 bits per heavy atom. The summed E-state index contributed by atoms with van der Waals surface area (Å²) >= 11 is 1.79. The van der Waals surface area contributed by atoms with Crippen LogP contribution in [0.5, 0.6) is 0 Å². The molecule has 0 aliphatic carbocycles. The number of rotatable bonds is 6. The zero-order valence-corrected chi connectivity index (χ0v) is 10.8. The molecule has 1 aromatic rings. The highest BCUT2D eigenvalue weighted by atomic mass is 32.1. The average molecular weight is 239 g/mol. The third-order valence-corrected chi connectivity index (χ3v) is 4.06. The monoisotopic (exact) mass is 239 g/mol. The van der Waals surface area contributed by atoms with Gasteiger partial charge in [0.25, 0.3) is 0 Å². The zero-order valence-electron chi connectivity index (χ0n) is 9.95. The lowest BCUT2D eigenvalue weighted by molar-refractivity contribution is 0.175. The Balaban J connectivity index is 1.82. The molecule has 0 amide bonds. The first-order valence-corrected chi connectivity index (χ1v) is 7.16. The molecule has 2 rings (SSSR count). The molecule has 90 valence electrons. The van der Waals surface area contributed by atoms with Crippen molar-refractivity contribution >= 4 is 11.3 Å². The van der Waals surface area contributed by atoms with Gasteiger partial charge in [-0.15, -0.1) is 0 Å². The Bertz CT molecular complexity index is 280. The molecule has 2 unspecified atom stereocenters. The number of thiophene rings is 1. The van der Waals surface area contributed by atoms with Crippen LogP contribution in [0.1, 0.15) is 25.3 Å². The number of hydrogen-bond donors (Lipinski definition) is 1. The van der Waals surface area contributed by atoms with Gasteiger partial charge in [-0.1, -0.05) is 6.92 Å². The van der Waals surface area contributed by atoms with Crippen LogP contribution in [0, 0.1) is 5.92 Å². The predicted molar refractivity (Wildman–Crippen MR) is 69.0 cm³/mol. The van der Waals surface area contributed by atoms with Crippen LogP contribution in [0.25, 0.3) is 0 Å². The van der Waals surface area contributed by atoms with Gasteiger partial charge in [-0.05, 0) is 54.1 Å². The molecule has 1 saturated heterocycles. The van der Waals surface area contributed by atoms with E-state index in [4.69, 9.17) is 4.74 Å². The van der Waals surface area contributed by atoms with Gasteiger partial charge in [0.1, 0.15) is 0 Å². The van der Waals surface area contributed by atoms with Gasteiger partial charge in [0.2, 0.25) is 0 Å². The summed E-state index contributed by atoms with van der Waals surface area (Å²) in [5.41, 5.74) is 1.48. The standard InChI is InChI=1S/C13H21NOS/c1-2-14-13(12-5-7-15-9-12)4-3-11-6-8-16-10-11/h6,8,10,12-14H,2-5,7,9H2,1H3. The number of ether oxygens (including phenoxy) is 1. The highest BCUT2D eigenvalue weighted by Crippen LogP contribution is 2.21. The van der Waals surface area contributed by atoms with Crippen LogP contribution in [0.3, 0.4) is 0 Å². The van der Waals surface area contributed by atoms with Crippen molar-refractivity contribution < 1.29 is 4.74 Å². The molecule has 0 spiro atoms. The minimum Gasteiger partial charge on any atom is -0.381 e. The normalized spacial score (nSPS) is 22.4. The van der Waals surface area contributed by atoms with Crippen molar-refractivity contribution in [3.8, 4) is 0 Å². The second-order valence-corrected chi connectivity index (χ2v) is 5.24. The molecule has 1 fully saturated rings. The lowest BCUT2D eigenvalue weighted by atomic mass is 9.93. The quantitative estimate of drug-likeness (QED) is 0.824. The maximum absolute atomic E-state index is 5.48. The van der Waals surface area contributed by atoms with E-state index in [0.29, 0.717) is 6.04 Å². The number of nitrogens with one attached hydrogen (secondary N) is 1. The average Bonchev–Trinajstić information content (AvgIpc) is 2.96. The second-order valence-electron chi connectivity index (χ2n) is 4.46. The molecule has 1 aromatic heterocycles. The lowest BCUT2D eigenvalue weighted by Crippen LogP contribution is -2.36. The van der Waals surface area contributed by atoms with Gasteiger partial charge < -0.3 is 10.1 Å². The first-order valence-electron chi connectivity index (χ1n) is 6.22. The molecule has 0 aromatic carbocycles. The van der Waals surface area contributed by atoms with E-state index in [1.165, 1.54) is 24.8 Å². The van der Waals surface area contributed by atoms with Crippen molar-refractivity contribution in [2.45, 2.75) is 32.2 Å². The van der Waals surface area contributed by atoms with Crippen LogP contribution < -0.4 is 5.32 Å². The van der Waals surface area contributed by atoms with Gasteiger partial charge in [0.15, 0.2) is 0 Å². The Morgan fingerprint density at radius 1 is 1.62 bits per heavy atom. The molecule has 0 bridgehead atoms. The van der Waals surface area contributed by atoms with Gasteiger partial charge >= 0.3 is 0 Å². The van der Waals surface area contributed by atoms with Gasteiger partial charge in [-0.2, -0.15) is 11.3 Å². The summed E-state index contributed by atoms with van der Waals surface area (Å²) in [6, 6.07) is 2.87. The van der Waals surface area contributed by atoms with Crippen molar-refractivity contribution in [2.24, 2.45) is 5.92 Å². The van der Waals surface area contributed by atoms with E-state index in [1.54, 1.807) is 11.3 Å². The molecule has 2 heterocycles. The largest absolute Gasteiger partial charge is 0.381 e. The van der Waals surface area contributed by atoms with Crippen LogP contribution in [0.15, 0.2) is 16.8 Å². The van der Waals surface area contributed by atoms with E-state index in [-0.39, 0.29) is 0 Å². The maximum Gasteiger partial charge on any atom is 0.0510 e. The van der Waals surface area contributed by atoms with Crippen molar-refractivity contribution in [1.82, 2.24) is 5.32 Å². The summed E-state index contributed by atoms with van der Waals surface area (Å²) in [5, 5.41) is 8.03. The van der Waals surface area contributed by atoms with E-state index >= 15 is 0 Å². The summed E-state index contributed by atoms with van der Waals surface area (Å²) in [7, 11) is 0. The molecule has 1 N–H and O–H groups in total. The summed E-state index contributed by atoms with van der Waals surface area (Å²) in [4.78, 5) is 0. The van der Waals surface area contributed by atoms with Gasteiger partial charge in [-0.25, -0.2) is 0 Å². The van der Waals surface area contributed by atoms with E-state index in [0.717, 1.165) is 25.7 Å². The summed E-state index contributed by atoms with van der Waals surface area (Å²) in [6.07, 6.45) is 3.65. The van der Waals surface area contributed by atoms with Gasteiger partial charge in [-0.3, -0.25) is 0 Å². The summed E-state index contributed by atoms with van der Waals surface area (Å²) in [6.45, 7) is 5.14. The van der Waals surface area contributed by atoms with Crippen molar-refractivity contribution in [3.63, 3.8) is 0 Å². The molecule has 1 aliphatic heterocycles. The fourth-order valence-corrected chi connectivity index (χ4v) is 3.10. The smallest absolute Gasteiger partial charge is 0.0510 e. The molecular weight excluding hydrogens is 218 g/mol. The Labute approximate surface area is 102 Å². The molecule has 0 radical (unpaired) electrons. The molecule has 2 atom stereocenters. The molecule has 1 aliphatic rings.